The van der Waals surface area contributed by atoms with Crippen LogP contribution in [-0.2, 0) is 0 Å². The monoisotopic (exact) mass is 790 g/mol. The Labute approximate surface area is 362 Å². The fraction of sp³-hybridized carbons (Fsp3) is 0. The predicted octanol–water partition coefficient (Wildman–Crippen LogP) is 16.6. The van der Waals surface area contributed by atoms with E-state index in [1.54, 1.807) is 0 Å². The standard InChI is InChI=1S/C60H42N2/c1-6-19-43(20-7-1)44-33-35-49(36-34-44)61(50-37-39-52(45-21-8-2-9-22-45)56(41-50)47-25-12-4-13-26-47)51-38-40-55-54-29-16-17-31-57(54)62(59(55)42-51)58-32-18-30-53(46-23-10-3-11-24-46)60(58)48-27-14-5-15-28-48/h1-42H. The van der Waals surface area contributed by atoms with Crippen LogP contribution < -0.4 is 4.90 Å². The number of anilines is 3. The summed E-state index contributed by atoms with van der Waals surface area (Å²) in [5.41, 5.74) is 18.6. The van der Waals surface area contributed by atoms with Crippen molar-refractivity contribution in [2.45, 2.75) is 0 Å². The zero-order chi connectivity index (χ0) is 41.2. The van der Waals surface area contributed by atoms with E-state index < -0.39 is 0 Å². The van der Waals surface area contributed by atoms with E-state index in [2.05, 4.69) is 264 Å². The van der Waals surface area contributed by atoms with Gasteiger partial charge in [-0.05, 0) is 98.6 Å². The van der Waals surface area contributed by atoms with Crippen LogP contribution in [0.15, 0.2) is 255 Å². The minimum Gasteiger partial charge on any atom is -0.310 e. The molecule has 0 aliphatic rings. The molecule has 0 radical (unpaired) electrons. The van der Waals surface area contributed by atoms with E-state index in [0.717, 1.165) is 28.3 Å². The highest BCUT2D eigenvalue weighted by atomic mass is 15.1. The van der Waals surface area contributed by atoms with Crippen LogP contribution in [0.2, 0.25) is 0 Å². The number of aromatic nitrogens is 1. The Kier molecular flexibility index (Phi) is 9.57. The van der Waals surface area contributed by atoms with Gasteiger partial charge in [-0.2, -0.15) is 0 Å². The van der Waals surface area contributed by atoms with Gasteiger partial charge >= 0.3 is 0 Å². The van der Waals surface area contributed by atoms with Gasteiger partial charge in [-0.25, -0.2) is 0 Å². The van der Waals surface area contributed by atoms with Crippen LogP contribution in [0, 0.1) is 0 Å². The van der Waals surface area contributed by atoms with Crippen molar-refractivity contribution in [3.05, 3.63) is 255 Å². The average molecular weight is 791 g/mol. The lowest BCUT2D eigenvalue weighted by atomic mass is 9.93. The van der Waals surface area contributed by atoms with E-state index in [9.17, 15) is 0 Å². The van der Waals surface area contributed by atoms with Crippen molar-refractivity contribution in [3.8, 4) is 61.3 Å². The van der Waals surface area contributed by atoms with E-state index in [-0.39, 0.29) is 0 Å². The van der Waals surface area contributed by atoms with Crippen molar-refractivity contribution in [2.24, 2.45) is 0 Å². The normalized spacial score (nSPS) is 11.2. The molecule has 0 aliphatic carbocycles. The molecule has 10 aromatic carbocycles. The first-order valence-corrected chi connectivity index (χ1v) is 21.3. The Morgan fingerprint density at radius 2 is 0.726 bits per heavy atom. The molecular formula is C60H42N2. The first-order valence-electron chi connectivity index (χ1n) is 21.3. The Morgan fingerprint density at radius 1 is 0.258 bits per heavy atom. The van der Waals surface area contributed by atoms with Crippen LogP contribution in [0.5, 0.6) is 0 Å². The van der Waals surface area contributed by atoms with Crippen LogP contribution in [0.4, 0.5) is 17.1 Å². The zero-order valence-electron chi connectivity index (χ0n) is 34.1. The highest BCUT2D eigenvalue weighted by molar-refractivity contribution is 6.11. The molecule has 1 heterocycles. The molecule has 11 rings (SSSR count). The second-order valence-electron chi connectivity index (χ2n) is 15.7. The van der Waals surface area contributed by atoms with Crippen LogP contribution in [0.25, 0.3) is 83.1 Å². The SMILES string of the molecule is c1ccc(-c2ccc(N(c3ccc(-c4ccccc4)c(-c4ccccc4)c3)c3ccc4c5ccccc5n(-c5cccc(-c6ccccc6)c5-c5ccccc5)c4c3)cc2)cc1. The fourth-order valence-electron chi connectivity index (χ4n) is 9.13. The molecule has 0 saturated heterocycles. The molecule has 292 valence electrons. The van der Waals surface area contributed by atoms with Gasteiger partial charge in [0.2, 0.25) is 0 Å². The number of rotatable bonds is 9. The zero-order valence-corrected chi connectivity index (χ0v) is 34.1. The van der Waals surface area contributed by atoms with Crippen molar-refractivity contribution in [1.29, 1.82) is 0 Å². The minimum absolute atomic E-state index is 1.07. The third kappa shape index (κ3) is 6.74. The summed E-state index contributed by atoms with van der Waals surface area (Å²) in [6.45, 7) is 0. The molecule has 0 atom stereocenters. The molecule has 0 unspecified atom stereocenters. The molecule has 0 bridgehead atoms. The highest BCUT2D eigenvalue weighted by Crippen LogP contribution is 2.45. The molecule has 2 nitrogen and oxygen atoms in total. The topological polar surface area (TPSA) is 8.17 Å². The number of benzene rings is 10. The van der Waals surface area contributed by atoms with E-state index >= 15 is 0 Å². The molecular weight excluding hydrogens is 749 g/mol. The summed E-state index contributed by atoms with van der Waals surface area (Å²) in [6.07, 6.45) is 0. The number of fused-ring (bicyclic) bond motifs is 3. The van der Waals surface area contributed by atoms with Gasteiger partial charge in [0, 0.05) is 33.4 Å². The summed E-state index contributed by atoms with van der Waals surface area (Å²) in [7, 11) is 0. The third-order valence-electron chi connectivity index (χ3n) is 12.0. The molecule has 0 aliphatic heterocycles. The summed E-state index contributed by atoms with van der Waals surface area (Å²) in [4.78, 5) is 2.41. The summed E-state index contributed by atoms with van der Waals surface area (Å²) >= 11 is 0. The average Bonchev–Trinajstić information content (AvgIpc) is 3.69. The van der Waals surface area contributed by atoms with Crippen molar-refractivity contribution in [2.75, 3.05) is 4.90 Å². The van der Waals surface area contributed by atoms with Crippen molar-refractivity contribution in [1.82, 2.24) is 4.57 Å². The summed E-state index contributed by atoms with van der Waals surface area (Å²) in [6, 6.07) is 92.1. The Balaban J connectivity index is 1.16. The van der Waals surface area contributed by atoms with E-state index in [0.29, 0.717) is 0 Å². The number of para-hydroxylation sites is 1. The van der Waals surface area contributed by atoms with Crippen molar-refractivity contribution < 1.29 is 0 Å². The summed E-state index contributed by atoms with van der Waals surface area (Å²) in [5.74, 6) is 0. The van der Waals surface area contributed by atoms with Gasteiger partial charge in [-0.15, -0.1) is 0 Å². The van der Waals surface area contributed by atoms with Gasteiger partial charge in [-0.1, -0.05) is 206 Å². The number of hydrogen-bond acceptors (Lipinski definition) is 1. The van der Waals surface area contributed by atoms with Crippen LogP contribution in [-0.4, -0.2) is 4.57 Å². The molecule has 0 N–H and O–H groups in total. The molecule has 0 amide bonds. The maximum atomic E-state index is 2.48. The Bertz CT molecular complexity index is 3300. The smallest absolute Gasteiger partial charge is 0.0562 e. The predicted molar refractivity (Wildman–Crippen MR) is 263 cm³/mol. The maximum absolute atomic E-state index is 2.48. The van der Waals surface area contributed by atoms with Gasteiger partial charge < -0.3 is 9.47 Å². The molecule has 1 aromatic heterocycles. The van der Waals surface area contributed by atoms with Gasteiger partial charge in [-0.3, -0.25) is 0 Å². The first kappa shape index (κ1) is 36.8. The Morgan fingerprint density at radius 3 is 1.37 bits per heavy atom. The first-order chi connectivity index (χ1) is 30.8. The highest BCUT2D eigenvalue weighted by Gasteiger charge is 2.22. The fourth-order valence-corrected chi connectivity index (χ4v) is 9.13. The van der Waals surface area contributed by atoms with E-state index in [1.165, 1.54) is 71.9 Å². The summed E-state index contributed by atoms with van der Waals surface area (Å²) < 4.78 is 2.48. The quantitative estimate of drug-likeness (QED) is 0.141. The van der Waals surface area contributed by atoms with Crippen LogP contribution >= 0.6 is 0 Å². The summed E-state index contributed by atoms with van der Waals surface area (Å²) in [5, 5.41) is 2.42. The molecule has 2 heteroatoms. The minimum atomic E-state index is 1.07. The lowest BCUT2D eigenvalue weighted by Crippen LogP contribution is -2.10. The van der Waals surface area contributed by atoms with Gasteiger partial charge in [0.15, 0.2) is 0 Å². The second kappa shape index (κ2) is 16.1. The number of hydrogen-bond donors (Lipinski definition) is 0. The lowest BCUT2D eigenvalue weighted by molar-refractivity contribution is 1.18. The van der Waals surface area contributed by atoms with Crippen LogP contribution in [0.3, 0.4) is 0 Å². The largest absolute Gasteiger partial charge is 0.310 e. The van der Waals surface area contributed by atoms with E-state index in [4.69, 9.17) is 0 Å². The van der Waals surface area contributed by atoms with E-state index in [1.807, 2.05) is 0 Å². The van der Waals surface area contributed by atoms with Gasteiger partial charge in [0.05, 0.1) is 16.7 Å². The van der Waals surface area contributed by atoms with Gasteiger partial charge in [0.25, 0.3) is 0 Å². The maximum Gasteiger partial charge on any atom is 0.0562 e. The molecule has 0 saturated carbocycles. The molecule has 0 fully saturated rings. The Hall–Kier alpha value is -8.20. The van der Waals surface area contributed by atoms with Crippen molar-refractivity contribution in [3.63, 3.8) is 0 Å². The van der Waals surface area contributed by atoms with Gasteiger partial charge in [0.1, 0.15) is 0 Å². The molecule has 0 spiro atoms. The number of nitrogens with zero attached hydrogens (tertiary/aromatic N) is 2. The molecule has 62 heavy (non-hydrogen) atoms. The lowest BCUT2D eigenvalue weighted by Gasteiger charge is -2.27. The second-order valence-corrected chi connectivity index (χ2v) is 15.7. The third-order valence-corrected chi connectivity index (χ3v) is 12.0. The van der Waals surface area contributed by atoms with Crippen LogP contribution in [0.1, 0.15) is 0 Å². The van der Waals surface area contributed by atoms with Crippen molar-refractivity contribution >= 4 is 38.9 Å². The molecule has 11 aromatic rings.